The highest BCUT2D eigenvalue weighted by atomic mass is 35.5. The zero-order valence-electron chi connectivity index (χ0n) is 11.2. The van der Waals surface area contributed by atoms with Crippen molar-refractivity contribution in [1.29, 1.82) is 5.26 Å². The van der Waals surface area contributed by atoms with Crippen LogP contribution in [-0.4, -0.2) is 5.11 Å². The summed E-state index contributed by atoms with van der Waals surface area (Å²) in [6.07, 6.45) is -0.693. The van der Waals surface area contributed by atoms with E-state index in [1.807, 2.05) is 19.1 Å². The van der Waals surface area contributed by atoms with Crippen LogP contribution in [0.3, 0.4) is 0 Å². The van der Waals surface area contributed by atoms with E-state index in [2.05, 4.69) is 0 Å². The second kappa shape index (κ2) is 5.96. The van der Waals surface area contributed by atoms with Crippen molar-refractivity contribution < 1.29 is 9.84 Å². The van der Waals surface area contributed by atoms with Gasteiger partial charge in [0.25, 0.3) is 0 Å². The number of hydrogen-bond donors (Lipinski definition) is 1. The van der Waals surface area contributed by atoms with Crippen molar-refractivity contribution >= 4 is 11.6 Å². The molecule has 0 radical (unpaired) electrons. The van der Waals surface area contributed by atoms with Gasteiger partial charge in [-0.05, 0) is 43.7 Å². The summed E-state index contributed by atoms with van der Waals surface area (Å²) < 4.78 is 5.76. The molecule has 0 heterocycles. The minimum absolute atomic E-state index is 0.435. The number of rotatable bonds is 3. The van der Waals surface area contributed by atoms with Crippen LogP contribution in [-0.2, 0) is 0 Å². The van der Waals surface area contributed by atoms with E-state index in [1.54, 1.807) is 37.3 Å². The fourth-order valence-electron chi connectivity index (χ4n) is 1.84. The van der Waals surface area contributed by atoms with E-state index in [-0.39, 0.29) is 0 Å². The molecule has 0 saturated carbocycles. The molecule has 0 aliphatic heterocycles. The minimum atomic E-state index is -0.693. The van der Waals surface area contributed by atoms with Crippen LogP contribution in [0.1, 0.15) is 29.7 Å². The van der Waals surface area contributed by atoms with E-state index >= 15 is 0 Å². The van der Waals surface area contributed by atoms with Crippen molar-refractivity contribution in [3.8, 4) is 17.6 Å². The Morgan fingerprint density at radius 1 is 1.20 bits per heavy atom. The van der Waals surface area contributed by atoms with Gasteiger partial charge in [0.1, 0.15) is 11.5 Å². The molecule has 0 unspecified atom stereocenters. The Balaban J connectivity index is 2.43. The lowest BCUT2D eigenvalue weighted by Crippen LogP contribution is -1.97. The number of nitrogens with zero attached hydrogens (tertiary/aromatic N) is 1. The minimum Gasteiger partial charge on any atom is -0.455 e. The standard InChI is InChI=1S/C16H14ClNO2/c1-10-3-6-15(14(17)7-10)20-16-8-12(9-18)4-5-13(16)11(2)19/h3-8,11,19H,1-2H3/t11-/m1/s1. The summed E-state index contributed by atoms with van der Waals surface area (Å²) in [7, 11) is 0. The molecule has 102 valence electrons. The summed E-state index contributed by atoms with van der Waals surface area (Å²) in [5.74, 6) is 0.930. The summed E-state index contributed by atoms with van der Waals surface area (Å²) in [5.41, 5.74) is 2.11. The van der Waals surface area contributed by atoms with Gasteiger partial charge in [-0.1, -0.05) is 23.7 Å². The first-order chi connectivity index (χ1) is 9.51. The summed E-state index contributed by atoms with van der Waals surface area (Å²) >= 11 is 6.13. The summed E-state index contributed by atoms with van der Waals surface area (Å²) in [6, 6.07) is 12.4. The Bertz CT molecular complexity index is 675. The van der Waals surface area contributed by atoms with E-state index in [0.29, 0.717) is 27.6 Å². The molecule has 0 saturated heterocycles. The van der Waals surface area contributed by atoms with Gasteiger partial charge in [0.15, 0.2) is 0 Å². The van der Waals surface area contributed by atoms with E-state index in [0.717, 1.165) is 5.56 Å². The molecule has 1 atom stereocenters. The Hall–Kier alpha value is -2.02. The van der Waals surface area contributed by atoms with Crippen LogP contribution in [0.25, 0.3) is 0 Å². The monoisotopic (exact) mass is 287 g/mol. The predicted molar refractivity (Wildman–Crippen MR) is 78.1 cm³/mol. The Morgan fingerprint density at radius 2 is 1.95 bits per heavy atom. The average Bonchev–Trinajstić information content (AvgIpc) is 2.41. The van der Waals surface area contributed by atoms with Gasteiger partial charge >= 0.3 is 0 Å². The van der Waals surface area contributed by atoms with Gasteiger partial charge < -0.3 is 9.84 Å². The highest BCUT2D eigenvalue weighted by molar-refractivity contribution is 6.32. The van der Waals surface area contributed by atoms with Gasteiger partial charge in [-0.15, -0.1) is 0 Å². The van der Waals surface area contributed by atoms with Crippen LogP contribution in [0.4, 0.5) is 0 Å². The molecule has 0 amide bonds. The number of hydrogen-bond acceptors (Lipinski definition) is 3. The van der Waals surface area contributed by atoms with Crippen molar-refractivity contribution in [3.63, 3.8) is 0 Å². The fourth-order valence-corrected chi connectivity index (χ4v) is 2.12. The second-order valence-corrected chi connectivity index (χ2v) is 4.98. The molecule has 4 heteroatoms. The van der Waals surface area contributed by atoms with E-state index in [4.69, 9.17) is 21.6 Å². The van der Waals surface area contributed by atoms with Crippen molar-refractivity contribution in [2.75, 3.05) is 0 Å². The van der Waals surface area contributed by atoms with Crippen LogP contribution in [0.2, 0.25) is 5.02 Å². The molecule has 0 aliphatic rings. The third kappa shape index (κ3) is 3.11. The number of nitriles is 1. The predicted octanol–water partition coefficient (Wildman–Crippen LogP) is 4.37. The summed E-state index contributed by atoms with van der Waals surface area (Å²) in [5, 5.41) is 19.2. The van der Waals surface area contributed by atoms with Crippen LogP contribution in [0.15, 0.2) is 36.4 Å². The SMILES string of the molecule is Cc1ccc(Oc2cc(C#N)ccc2[C@@H](C)O)c(Cl)c1. The molecule has 3 nitrogen and oxygen atoms in total. The molecule has 1 N–H and O–H groups in total. The molecule has 2 rings (SSSR count). The highest BCUT2D eigenvalue weighted by Crippen LogP contribution is 2.34. The van der Waals surface area contributed by atoms with Crippen molar-refractivity contribution in [3.05, 3.63) is 58.1 Å². The molecule has 0 spiro atoms. The first kappa shape index (κ1) is 14.4. The first-order valence-electron chi connectivity index (χ1n) is 6.17. The van der Waals surface area contributed by atoms with Gasteiger partial charge in [-0.2, -0.15) is 5.26 Å². The average molecular weight is 288 g/mol. The van der Waals surface area contributed by atoms with Gasteiger partial charge in [-0.3, -0.25) is 0 Å². The number of benzene rings is 2. The molecule has 0 fully saturated rings. The lowest BCUT2D eigenvalue weighted by molar-refractivity contribution is 0.195. The third-order valence-electron chi connectivity index (χ3n) is 2.90. The zero-order valence-corrected chi connectivity index (χ0v) is 12.0. The van der Waals surface area contributed by atoms with E-state index in [1.165, 1.54) is 0 Å². The third-order valence-corrected chi connectivity index (χ3v) is 3.20. The maximum absolute atomic E-state index is 9.76. The summed E-state index contributed by atoms with van der Waals surface area (Å²) in [6.45, 7) is 3.58. The first-order valence-corrected chi connectivity index (χ1v) is 6.55. The number of aryl methyl sites for hydroxylation is 1. The Morgan fingerprint density at radius 3 is 2.55 bits per heavy atom. The molecular formula is C16H14ClNO2. The fraction of sp³-hybridized carbons (Fsp3) is 0.188. The number of ether oxygens (including phenoxy) is 1. The smallest absolute Gasteiger partial charge is 0.146 e. The maximum Gasteiger partial charge on any atom is 0.146 e. The van der Waals surface area contributed by atoms with Gasteiger partial charge in [-0.25, -0.2) is 0 Å². The van der Waals surface area contributed by atoms with Crippen LogP contribution >= 0.6 is 11.6 Å². The number of halogens is 1. The molecule has 2 aromatic rings. The van der Waals surface area contributed by atoms with Gasteiger partial charge in [0.2, 0.25) is 0 Å². The van der Waals surface area contributed by atoms with Crippen molar-refractivity contribution in [2.45, 2.75) is 20.0 Å². The topological polar surface area (TPSA) is 53.2 Å². The quantitative estimate of drug-likeness (QED) is 0.912. The molecule has 2 aromatic carbocycles. The van der Waals surface area contributed by atoms with E-state index in [9.17, 15) is 5.11 Å². The zero-order chi connectivity index (χ0) is 14.7. The van der Waals surface area contributed by atoms with E-state index < -0.39 is 6.10 Å². The van der Waals surface area contributed by atoms with Crippen LogP contribution in [0.5, 0.6) is 11.5 Å². The van der Waals surface area contributed by atoms with Crippen molar-refractivity contribution in [1.82, 2.24) is 0 Å². The van der Waals surface area contributed by atoms with Crippen LogP contribution < -0.4 is 4.74 Å². The largest absolute Gasteiger partial charge is 0.455 e. The lowest BCUT2D eigenvalue weighted by Gasteiger charge is -2.14. The van der Waals surface area contributed by atoms with Gasteiger partial charge in [0, 0.05) is 5.56 Å². The molecule has 0 aliphatic carbocycles. The molecule has 0 aromatic heterocycles. The molecule has 0 bridgehead atoms. The second-order valence-electron chi connectivity index (χ2n) is 4.58. The normalized spacial score (nSPS) is 11.8. The van der Waals surface area contributed by atoms with Gasteiger partial charge in [0.05, 0.1) is 22.8 Å². The number of aliphatic hydroxyl groups is 1. The van der Waals surface area contributed by atoms with Crippen LogP contribution in [0, 0.1) is 18.3 Å². The molecular weight excluding hydrogens is 274 g/mol. The lowest BCUT2D eigenvalue weighted by atomic mass is 10.1. The highest BCUT2D eigenvalue weighted by Gasteiger charge is 2.12. The van der Waals surface area contributed by atoms with Crippen molar-refractivity contribution in [2.24, 2.45) is 0 Å². The Labute approximate surface area is 123 Å². The Kier molecular flexibility index (Phi) is 4.29. The molecule has 20 heavy (non-hydrogen) atoms. The summed E-state index contributed by atoms with van der Waals surface area (Å²) in [4.78, 5) is 0. The maximum atomic E-state index is 9.76. The number of aliphatic hydroxyl groups excluding tert-OH is 1.